The SMILES string of the molecule is C=C/C=C\c1c(C=C)nc(N)c2ncc(CC)cc12. The lowest BCUT2D eigenvalue weighted by Gasteiger charge is -2.09. The molecule has 0 saturated heterocycles. The molecule has 3 heteroatoms. The second-order valence-electron chi connectivity index (χ2n) is 4.19. The molecule has 0 spiro atoms. The zero-order valence-electron chi connectivity index (χ0n) is 11.1. The van der Waals surface area contributed by atoms with Gasteiger partial charge in [-0.15, -0.1) is 0 Å². The second kappa shape index (κ2) is 5.48. The Bertz CT molecular complexity index is 669. The van der Waals surface area contributed by atoms with E-state index in [4.69, 9.17) is 5.73 Å². The van der Waals surface area contributed by atoms with Crippen molar-refractivity contribution < 1.29 is 0 Å². The van der Waals surface area contributed by atoms with Crippen LogP contribution >= 0.6 is 0 Å². The topological polar surface area (TPSA) is 51.8 Å². The molecule has 2 rings (SSSR count). The highest BCUT2D eigenvalue weighted by atomic mass is 14.9. The van der Waals surface area contributed by atoms with Crippen LogP contribution in [0.2, 0.25) is 0 Å². The van der Waals surface area contributed by atoms with Gasteiger partial charge in [0, 0.05) is 17.1 Å². The van der Waals surface area contributed by atoms with Crippen LogP contribution in [0.5, 0.6) is 0 Å². The lowest BCUT2D eigenvalue weighted by molar-refractivity contribution is 1.12. The number of hydrogen-bond donors (Lipinski definition) is 1. The van der Waals surface area contributed by atoms with Crippen molar-refractivity contribution in [2.24, 2.45) is 0 Å². The number of nitrogens with zero attached hydrogens (tertiary/aromatic N) is 2. The van der Waals surface area contributed by atoms with Crippen molar-refractivity contribution in [3.63, 3.8) is 0 Å². The zero-order valence-corrected chi connectivity index (χ0v) is 11.1. The largest absolute Gasteiger partial charge is 0.382 e. The van der Waals surface area contributed by atoms with Crippen molar-refractivity contribution in [1.29, 1.82) is 0 Å². The number of aryl methyl sites for hydroxylation is 1. The molecular formula is C16H17N3. The normalized spacial score (nSPS) is 11.0. The maximum Gasteiger partial charge on any atom is 0.150 e. The van der Waals surface area contributed by atoms with Gasteiger partial charge in [-0.05, 0) is 24.1 Å². The predicted molar refractivity (Wildman–Crippen MR) is 82.7 cm³/mol. The second-order valence-corrected chi connectivity index (χ2v) is 4.19. The van der Waals surface area contributed by atoms with Crippen molar-refractivity contribution >= 4 is 28.9 Å². The summed E-state index contributed by atoms with van der Waals surface area (Å²) in [5, 5.41) is 1.000. The van der Waals surface area contributed by atoms with E-state index in [1.807, 2.05) is 18.3 Å². The van der Waals surface area contributed by atoms with Crippen LogP contribution in [0.15, 0.2) is 37.6 Å². The Morgan fingerprint density at radius 3 is 2.79 bits per heavy atom. The van der Waals surface area contributed by atoms with Crippen molar-refractivity contribution in [3.8, 4) is 0 Å². The Morgan fingerprint density at radius 2 is 2.16 bits per heavy atom. The highest BCUT2D eigenvalue weighted by molar-refractivity contribution is 5.96. The van der Waals surface area contributed by atoms with E-state index in [2.05, 4.69) is 36.1 Å². The number of pyridine rings is 2. The van der Waals surface area contributed by atoms with E-state index in [1.165, 1.54) is 5.56 Å². The molecule has 0 unspecified atom stereocenters. The molecule has 0 aromatic carbocycles. The number of nitrogens with two attached hydrogens (primary N) is 1. The van der Waals surface area contributed by atoms with Gasteiger partial charge in [-0.2, -0.15) is 0 Å². The average molecular weight is 251 g/mol. The van der Waals surface area contributed by atoms with E-state index in [-0.39, 0.29) is 0 Å². The van der Waals surface area contributed by atoms with Gasteiger partial charge in [0.25, 0.3) is 0 Å². The highest BCUT2D eigenvalue weighted by Crippen LogP contribution is 2.26. The fourth-order valence-corrected chi connectivity index (χ4v) is 1.99. The molecule has 0 amide bonds. The number of nitrogen functional groups attached to an aromatic ring is 1. The zero-order chi connectivity index (χ0) is 13.8. The highest BCUT2D eigenvalue weighted by Gasteiger charge is 2.10. The lowest BCUT2D eigenvalue weighted by atomic mass is 10.0. The van der Waals surface area contributed by atoms with Crippen LogP contribution in [0.4, 0.5) is 5.82 Å². The van der Waals surface area contributed by atoms with Gasteiger partial charge in [-0.1, -0.05) is 38.3 Å². The molecule has 2 heterocycles. The standard InChI is InChI=1S/C16H17N3/c1-4-7-8-12-13-9-11(5-2)10-18-15(13)16(17)19-14(12)6-3/h4,6-10H,1,3,5H2,2H3,(H2,17,19)/b8-7-. The first-order chi connectivity index (χ1) is 9.21. The van der Waals surface area contributed by atoms with Crippen LogP contribution in [-0.2, 0) is 6.42 Å². The molecule has 0 fully saturated rings. The number of allylic oxidation sites excluding steroid dienone is 2. The van der Waals surface area contributed by atoms with E-state index in [0.29, 0.717) is 5.82 Å². The van der Waals surface area contributed by atoms with Crippen molar-refractivity contribution in [2.45, 2.75) is 13.3 Å². The molecule has 2 aromatic rings. The lowest BCUT2D eigenvalue weighted by Crippen LogP contribution is -2.00. The molecule has 2 aromatic heterocycles. The van der Waals surface area contributed by atoms with E-state index in [0.717, 1.165) is 28.6 Å². The summed E-state index contributed by atoms with van der Waals surface area (Å²) in [5.74, 6) is 0.434. The quantitative estimate of drug-likeness (QED) is 0.844. The monoisotopic (exact) mass is 251 g/mol. The molecule has 19 heavy (non-hydrogen) atoms. The third-order valence-electron chi connectivity index (χ3n) is 2.99. The van der Waals surface area contributed by atoms with Gasteiger partial charge >= 0.3 is 0 Å². The Hall–Kier alpha value is -2.42. The van der Waals surface area contributed by atoms with Crippen molar-refractivity contribution in [1.82, 2.24) is 9.97 Å². The molecule has 96 valence electrons. The molecular weight excluding hydrogens is 234 g/mol. The van der Waals surface area contributed by atoms with Crippen LogP contribution in [0.1, 0.15) is 23.7 Å². The van der Waals surface area contributed by atoms with Gasteiger partial charge < -0.3 is 5.73 Å². The molecule has 3 nitrogen and oxygen atoms in total. The number of anilines is 1. The van der Waals surface area contributed by atoms with Crippen LogP contribution < -0.4 is 5.73 Å². The summed E-state index contributed by atoms with van der Waals surface area (Å²) in [4.78, 5) is 8.75. The molecule has 0 aliphatic heterocycles. The maximum absolute atomic E-state index is 5.96. The summed E-state index contributed by atoms with van der Waals surface area (Å²) >= 11 is 0. The summed E-state index contributed by atoms with van der Waals surface area (Å²) in [6.07, 6.45) is 10.0. The predicted octanol–water partition coefficient (Wildman–Crippen LogP) is 3.62. The van der Waals surface area contributed by atoms with Crippen molar-refractivity contribution in [3.05, 3.63) is 54.4 Å². The fourth-order valence-electron chi connectivity index (χ4n) is 1.99. The van der Waals surface area contributed by atoms with Gasteiger partial charge in [-0.25, -0.2) is 4.98 Å². The Balaban J connectivity index is 2.85. The molecule has 0 radical (unpaired) electrons. The van der Waals surface area contributed by atoms with Crippen molar-refractivity contribution in [2.75, 3.05) is 5.73 Å². The van der Waals surface area contributed by atoms with E-state index >= 15 is 0 Å². The summed E-state index contributed by atoms with van der Waals surface area (Å²) in [6, 6.07) is 2.11. The minimum absolute atomic E-state index is 0.434. The van der Waals surface area contributed by atoms with E-state index in [1.54, 1.807) is 12.2 Å². The Kier molecular flexibility index (Phi) is 3.76. The number of aromatic nitrogens is 2. The molecule has 2 N–H and O–H groups in total. The van der Waals surface area contributed by atoms with Crippen LogP contribution in [-0.4, -0.2) is 9.97 Å². The first-order valence-corrected chi connectivity index (χ1v) is 6.20. The fraction of sp³-hybridized carbons (Fsp3) is 0.125. The third-order valence-corrected chi connectivity index (χ3v) is 2.99. The molecule has 0 bridgehead atoms. The van der Waals surface area contributed by atoms with Crippen LogP contribution in [0.3, 0.4) is 0 Å². The smallest absolute Gasteiger partial charge is 0.150 e. The summed E-state index contributed by atoms with van der Waals surface area (Å²) in [6.45, 7) is 9.58. The van der Waals surface area contributed by atoms with E-state index in [9.17, 15) is 0 Å². The number of rotatable bonds is 4. The van der Waals surface area contributed by atoms with Gasteiger partial charge in [0.15, 0.2) is 5.82 Å². The number of hydrogen-bond acceptors (Lipinski definition) is 3. The molecule has 0 atom stereocenters. The minimum Gasteiger partial charge on any atom is -0.382 e. The van der Waals surface area contributed by atoms with Gasteiger partial charge in [-0.3, -0.25) is 4.98 Å². The Morgan fingerprint density at radius 1 is 1.37 bits per heavy atom. The van der Waals surface area contributed by atoms with Gasteiger partial charge in [0.2, 0.25) is 0 Å². The van der Waals surface area contributed by atoms with Crippen LogP contribution in [0, 0.1) is 0 Å². The maximum atomic E-state index is 5.96. The number of fused-ring (bicyclic) bond motifs is 1. The van der Waals surface area contributed by atoms with Gasteiger partial charge in [0.1, 0.15) is 5.52 Å². The first-order valence-electron chi connectivity index (χ1n) is 6.20. The molecule has 0 aliphatic rings. The average Bonchev–Trinajstić information content (AvgIpc) is 2.45. The van der Waals surface area contributed by atoms with Crippen LogP contribution in [0.25, 0.3) is 23.1 Å². The summed E-state index contributed by atoms with van der Waals surface area (Å²) in [7, 11) is 0. The van der Waals surface area contributed by atoms with E-state index < -0.39 is 0 Å². The third kappa shape index (κ3) is 2.40. The molecule has 0 aliphatic carbocycles. The molecule has 0 saturated carbocycles. The van der Waals surface area contributed by atoms with Gasteiger partial charge in [0.05, 0.1) is 5.69 Å². The summed E-state index contributed by atoms with van der Waals surface area (Å²) < 4.78 is 0. The first kappa shape index (κ1) is 13.0. The summed E-state index contributed by atoms with van der Waals surface area (Å²) in [5.41, 5.74) is 9.59. The minimum atomic E-state index is 0.434. The Labute approximate surface area is 113 Å².